The summed E-state index contributed by atoms with van der Waals surface area (Å²) in [5.41, 5.74) is 0.615. The van der Waals surface area contributed by atoms with Crippen LogP contribution >= 0.6 is 0 Å². The van der Waals surface area contributed by atoms with E-state index >= 15 is 0 Å². The average molecular weight is 254 g/mol. The van der Waals surface area contributed by atoms with Gasteiger partial charge in [0.1, 0.15) is 11.9 Å². The number of carboxylic acids is 1. The molecule has 98 valence electrons. The Morgan fingerprint density at radius 2 is 2.11 bits per heavy atom. The van der Waals surface area contributed by atoms with Gasteiger partial charge in [0.25, 0.3) is 0 Å². The minimum atomic E-state index is -1.11. The van der Waals surface area contributed by atoms with Gasteiger partial charge in [0.2, 0.25) is 0 Å². The molecule has 1 atom stereocenters. The van der Waals surface area contributed by atoms with Crippen molar-refractivity contribution in [2.75, 3.05) is 5.32 Å². The fourth-order valence-corrected chi connectivity index (χ4v) is 1.40. The molecule has 1 aromatic carbocycles. The lowest BCUT2D eigenvalue weighted by Gasteiger charge is -2.14. The van der Waals surface area contributed by atoms with E-state index in [1.54, 1.807) is 13.0 Å². The zero-order chi connectivity index (χ0) is 13.7. The lowest BCUT2D eigenvalue weighted by Crippen LogP contribution is -2.42. The Labute approximate surface area is 104 Å². The Hall–Kier alpha value is -2.11. The molecule has 0 saturated carbocycles. The molecule has 1 rings (SSSR count). The topological polar surface area (TPSA) is 78.4 Å². The second-order valence-electron chi connectivity index (χ2n) is 3.81. The molecule has 0 spiro atoms. The van der Waals surface area contributed by atoms with E-state index in [-0.39, 0.29) is 6.42 Å². The van der Waals surface area contributed by atoms with Gasteiger partial charge in [-0.25, -0.2) is 14.0 Å². The molecule has 3 N–H and O–H groups in total. The number of rotatable bonds is 4. The standard InChI is InChI=1S/C12H15FN2O3/c1-3-9(11(16)17)14-12(18)15-10-6-4-5-8(13)7(10)2/h4-6,9H,3H2,1-2H3,(H,16,17)(H2,14,15,18). The molecule has 6 heteroatoms. The van der Waals surface area contributed by atoms with Crippen LogP contribution in [0.15, 0.2) is 18.2 Å². The number of halogens is 1. The Morgan fingerprint density at radius 1 is 1.44 bits per heavy atom. The molecule has 5 nitrogen and oxygen atoms in total. The van der Waals surface area contributed by atoms with Crippen LogP contribution in [-0.4, -0.2) is 23.1 Å². The molecular formula is C12H15FN2O3. The van der Waals surface area contributed by atoms with E-state index in [0.717, 1.165) is 0 Å². The monoisotopic (exact) mass is 254 g/mol. The van der Waals surface area contributed by atoms with Crippen LogP contribution in [0.25, 0.3) is 0 Å². The van der Waals surface area contributed by atoms with Crippen LogP contribution in [0.3, 0.4) is 0 Å². The molecule has 0 saturated heterocycles. The third-order valence-electron chi connectivity index (χ3n) is 2.53. The number of carbonyl (C=O) groups excluding carboxylic acids is 1. The Bertz CT molecular complexity index is 463. The smallest absolute Gasteiger partial charge is 0.326 e. The largest absolute Gasteiger partial charge is 0.480 e. The molecule has 1 unspecified atom stereocenters. The summed E-state index contributed by atoms with van der Waals surface area (Å²) >= 11 is 0. The van der Waals surface area contributed by atoms with E-state index in [9.17, 15) is 14.0 Å². The lowest BCUT2D eigenvalue weighted by atomic mass is 10.2. The Morgan fingerprint density at radius 3 is 2.67 bits per heavy atom. The van der Waals surface area contributed by atoms with Gasteiger partial charge in [-0.15, -0.1) is 0 Å². The number of nitrogens with one attached hydrogen (secondary N) is 2. The van der Waals surface area contributed by atoms with Crippen molar-refractivity contribution in [2.45, 2.75) is 26.3 Å². The van der Waals surface area contributed by atoms with E-state index in [1.807, 2.05) is 0 Å². The van der Waals surface area contributed by atoms with Crippen molar-refractivity contribution in [1.82, 2.24) is 5.32 Å². The van der Waals surface area contributed by atoms with Crippen LogP contribution in [0.1, 0.15) is 18.9 Å². The zero-order valence-corrected chi connectivity index (χ0v) is 10.2. The highest BCUT2D eigenvalue weighted by molar-refractivity contribution is 5.92. The number of anilines is 1. The second kappa shape index (κ2) is 6.00. The molecule has 0 fully saturated rings. The molecular weight excluding hydrogens is 239 g/mol. The Kier molecular flexibility index (Phi) is 4.65. The molecule has 0 bridgehead atoms. The molecule has 18 heavy (non-hydrogen) atoms. The first-order valence-electron chi connectivity index (χ1n) is 5.51. The van der Waals surface area contributed by atoms with E-state index in [2.05, 4.69) is 10.6 Å². The second-order valence-corrected chi connectivity index (χ2v) is 3.81. The third-order valence-corrected chi connectivity index (χ3v) is 2.53. The number of urea groups is 1. The SMILES string of the molecule is CCC(NC(=O)Nc1cccc(F)c1C)C(=O)O. The molecule has 0 radical (unpaired) electrons. The molecule has 1 aromatic rings. The van der Waals surface area contributed by atoms with Crippen LogP contribution in [-0.2, 0) is 4.79 Å². The third kappa shape index (κ3) is 3.44. The van der Waals surface area contributed by atoms with Crippen molar-refractivity contribution >= 4 is 17.7 Å². The molecule has 0 heterocycles. The van der Waals surface area contributed by atoms with Crippen molar-refractivity contribution in [3.63, 3.8) is 0 Å². The first kappa shape index (κ1) is 14.0. The van der Waals surface area contributed by atoms with Crippen molar-refractivity contribution in [3.05, 3.63) is 29.6 Å². The van der Waals surface area contributed by atoms with Crippen LogP contribution in [0, 0.1) is 12.7 Å². The molecule has 0 aliphatic heterocycles. The number of amides is 2. The number of hydrogen-bond acceptors (Lipinski definition) is 2. The summed E-state index contributed by atoms with van der Waals surface area (Å²) in [4.78, 5) is 22.3. The summed E-state index contributed by atoms with van der Waals surface area (Å²) in [6, 6.07) is 2.66. The van der Waals surface area contributed by atoms with Crippen molar-refractivity contribution < 1.29 is 19.1 Å². The van der Waals surface area contributed by atoms with Gasteiger partial charge >= 0.3 is 12.0 Å². The first-order chi connectivity index (χ1) is 8.45. The molecule has 0 aliphatic carbocycles. The highest BCUT2D eigenvalue weighted by Gasteiger charge is 2.17. The maximum Gasteiger partial charge on any atom is 0.326 e. The normalized spacial score (nSPS) is 11.7. The molecule has 2 amide bonds. The average Bonchev–Trinajstić information content (AvgIpc) is 2.31. The van der Waals surface area contributed by atoms with Gasteiger partial charge in [0.15, 0.2) is 0 Å². The van der Waals surface area contributed by atoms with Gasteiger partial charge in [-0.05, 0) is 25.5 Å². The summed E-state index contributed by atoms with van der Waals surface area (Å²) in [7, 11) is 0. The Balaban J connectivity index is 2.70. The fraction of sp³-hybridized carbons (Fsp3) is 0.333. The zero-order valence-electron chi connectivity index (χ0n) is 10.2. The van der Waals surface area contributed by atoms with E-state index in [4.69, 9.17) is 5.11 Å². The maximum absolute atomic E-state index is 13.2. The summed E-state index contributed by atoms with van der Waals surface area (Å²) in [6.07, 6.45) is 0.269. The number of aliphatic carboxylic acids is 1. The van der Waals surface area contributed by atoms with Gasteiger partial charge < -0.3 is 15.7 Å². The van der Waals surface area contributed by atoms with Gasteiger partial charge in [-0.1, -0.05) is 13.0 Å². The van der Waals surface area contributed by atoms with Gasteiger partial charge in [0.05, 0.1) is 0 Å². The van der Waals surface area contributed by atoms with E-state index in [1.165, 1.54) is 19.1 Å². The van der Waals surface area contributed by atoms with Crippen molar-refractivity contribution in [1.29, 1.82) is 0 Å². The summed E-state index contributed by atoms with van der Waals surface area (Å²) in [5.74, 6) is -1.54. The minimum Gasteiger partial charge on any atom is -0.480 e. The minimum absolute atomic E-state index is 0.269. The number of hydrogen-bond donors (Lipinski definition) is 3. The highest BCUT2D eigenvalue weighted by atomic mass is 19.1. The first-order valence-corrected chi connectivity index (χ1v) is 5.51. The van der Waals surface area contributed by atoms with Crippen LogP contribution < -0.4 is 10.6 Å². The van der Waals surface area contributed by atoms with Crippen LogP contribution in [0.4, 0.5) is 14.9 Å². The van der Waals surface area contributed by atoms with Gasteiger partial charge in [-0.2, -0.15) is 0 Å². The predicted octanol–water partition coefficient (Wildman–Crippen LogP) is 2.12. The molecule has 0 aromatic heterocycles. The van der Waals surface area contributed by atoms with Crippen molar-refractivity contribution in [2.24, 2.45) is 0 Å². The summed E-state index contributed by atoms with van der Waals surface area (Å²) in [5, 5.41) is 13.5. The highest BCUT2D eigenvalue weighted by Crippen LogP contribution is 2.17. The number of benzene rings is 1. The van der Waals surface area contributed by atoms with E-state index in [0.29, 0.717) is 11.3 Å². The number of carbonyl (C=O) groups is 2. The quantitative estimate of drug-likeness (QED) is 0.770. The van der Waals surface area contributed by atoms with E-state index < -0.39 is 23.9 Å². The van der Waals surface area contributed by atoms with Crippen LogP contribution in [0.2, 0.25) is 0 Å². The van der Waals surface area contributed by atoms with Gasteiger partial charge in [0, 0.05) is 11.3 Å². The van der Waals surface area contributed by atoms with Crippen LogP contribution in [0.5, 0.6) is 0 Å². The summed E-state index contributed by atoms with van der Waals surface area (Å²) in [6.45, 7) is 3.17. The molecule has 0 aliphatic rings. The predicted molar refractivity (Wildman–Crippen MR) is 65.0 cm³/mol. The lowest BCUT2D eigenvalue weighted by molar-refractivity contribution is -0.139. The summed E-state index contributed by atoms with van der Waals surface area (Å²) < 4.78 is 13.2. The maximum atomic E-state index is 13.2. The fourth-order valence-electron chi connectivity index (χ4n) is 1.40. The number of carboxylic acid groups (broad SMARTS) is 1. The van der Waals surface area contributed by atoms with Gasteiger partial charge in [-0.3, -0.25) is 0 Å². The van der Waals surface area contributed by atoms with Crippen molar-refractivity contribution in [3.8, 4) is 0 Å².